The minimum Gasteiger partial charge on any atom is -0.497 e. The van der Waals surface area contributed by atoms with Crippen molar-refractivity contribution in [2.24, 2.45) is 0 Å². The van der Waals surface area contributed by atoms with Gasteiger partial charge in [-0.25, -0.2) is 0 Å². The molecule has 28 heavy (non-hydrogen) atoms. The van der Waals surface area contributed by atoms with Crippen LogP contribution < -0.4 is 10.2 Å². The summed E-state index contributed by atoms with van der Waals surface area (Å²) in [6.07, 6.45) is 3.02. The van der Waals surface area contributed by atoms with Crippen molar-refractivity contribution in [2.45, 2.75) is 25.2 Å². The van der Waals surface area contributed by atoms with Crippen molar-refractivity contribution >= 4 is 16.9 Å². The lowest BCUT2D eigenvalue weighted by Crippen LogP contribution is -2.34. The zero-order valence-corrected chi connectivity index (χ0v) is 15.9. The second kappa shape index (κ2) is 7.89. The summed E-state index contributed by atoms with van der Waals surface area (Å²) in [6, 6.07) is 16.4. The van der Waals surface area contributed by atoms with E-state index in [1.54, 1.807) is 31.4 Å². The van der Waals surface area contributed by atoms with Crippen molar-refractivity contribution in [1.29, 1.82) is 0 Å². The Labute approximate surface area is 163 Å². The van der Waals surface area contributed by atoms with Crippen LogP contribution >= 0.6 is 0 Å². The molecule has 0 saturated carbocycles. The molecular weight excluding hydrogens is 354 g/mol. The zero-order chi connectivity index (χ0) is 19.5. The summed E-state index contributed by atoms with van der Waals surface area (Å²) in [5, 5.41) is 0.492. The van der Waals surface area contributed by atoms with Gasteiger partial charge in [-0.05, 0) is 42.7 Å². The second-order valence-electron chi connectivity index (χ2n) is 7.19. The molecule has 1 aliphatic heterocycles. The number of methoxy groups -OCH3 is 1. The van der Waals surface area contributed by atoms with Crippen molar-refractivity contribution < 1.29 is 13.9 Å². The molecule has 2 heterocycles. The maximum atomic E-state index is 13.1. The number of para-hydroxylation sites is 1. The van der Waals surface area contributed by atoms with E-state index in [9.17, 15) is 9.59 Å². The van der Waals surface area contributed by atoms with Gasteiger partial charge in [-0.2, -0.15) is 0 Å². The molecular formula is C23H23NO4. The first-order valence-corrected chi connectivity index (χ1v) is 9.62. The van der Waals surface area contributed by atoms with Crippen LogP contribution in [0.25, 0.3) is 11.0 Å². The molecule has 2 aromatic carbocycles. The van der Waals surface area contributed by atoms with Gasteiger partial charge < -0.3 is 14.1 Å². The van der Waals surface area contributed by atoms with E-state index < -0.39 is 0 Å². The summed E-state index contributed by atoms with van der Waals surface area (Å²) >= 11 is 0. The quantitative estimate of drug-likeness (QED) is 0.686. The Bertz CT molecular complexity index is 1040. The van der Waals surface area contributed by atoms with E-state index in [1.165, 1.54) is 11.6 Å². The third-order valence-electron chi connectivity index (χ3n) is 5.39. The molecule has 1 unspecified atom stereocenters. The lowest BCUT2D eigenvalue weighted by atomic mass is 9.94. The number of amides is 1. The van der Waals surface area contributed by atoms with Crippen molar-refractivity contribution in [3.05, 3.63) is 76.1 Å². The summed E-state index contributed by atoms with van der Waals surface area (Å²) in [4.78, 5) is 27.3. The first-order valence-electron chi connectivity index (χ1n) is 9.62. The van der Waals surface area contributed by atoms with Gasteiger partial charge in [-0.3, -0.25) is 9.59 Å². The Kier molecular flexibility index (Phi) is 5.15. The van der Waals surface area contributed by atoms with Gasteiger partial charge in [0.1, 0.15) is 11.3 Å². The molecule has 5 heteroatoms. The number of hydrogen-bond acceptors (Lipinski definition) is 4. The summed E-state index contributed by atoms with van der Waals surface area (Å²) in [5.74, 6) is 0.968. The van der Waals surface area contributed by atoms with E-state index in [1.807, 2.05) is 17.0 Å². The smallest absolute Gasteiger partial charge is 0.289 e. The average Bonchev–Trinajstić information content (AvgIpc) is 2.99. The molecule has 1 aliphatic rings. The first-order chi connectivity index (χ1) is 13.7. The largest absolute Gasteiger partial charge is 0.497 e. The van der Waals surface area contributed by atoms with Crippen LogP contribution in [0.1, 0.15) is 41.3 Å². The van der Waals surface area contributed by atoms with E-state index in [0.29, 0.717) is 24.1 Å². The Balaban J connectivity index is 1.60. The van der Waals surface area contributed by atoms with Gasteiger partial charge in [0, 0.05) is 25.1 Å². The number of rotatable bonds is 3. The predicted molar refractivity (Wildman–Crippen MR) is 108 cm³/mol. The van der Waals surface area contributed by atoms with E-state index in [4.69, 9.17) is 9.15 Å². The number of hydrogen-bond donors (Lipinski definition) is 0. The fraction of sp³-hybridized carbons (Fsp3) is 0.304. The Morgan fingerprint density at radius 1 is 1.11 bits per heavy atom. The zero-order valence-electron chi connectivity index (χ0n) is 15.9. The lowest BCUT2D eigenvalue weighted by molar-refractivity contribution is 0.0723. The standard InChI is InChI=1S/C23H23NO4/c1-27-18-11-9-16(10-12-18)17-6-4-5-13-24(15-17)23(26)22-14-20(25)19-7-2-3-8-21(19)28-22/h2-3,7-12,14,17H,4-6,13,15H2,1H3. The van der Waals surface area contributed by atoms with E-state index in [0.717, 1.165) is 25.0 Å². The number of benzene rings is 2. The van der Waals surface area contributed by atoms with Crippen LogP contribution in [0.4, 0.5) is 0 Å². The topological polar surface area (TPSA) is 59.8 Å². The maximum absolute atomic E-state index is 13.1. The van der Waals surface area contributed by atoms with Crippen molar-refractivity contribution in [2.75, 3.05) is 20.2 Å². The molecule has 1 saturated heterocycles. The van der Waals surface area contributed by atoms with Crippen LogP contribution in [0.5, 0.6) is 5.75 Å². The number of ether oxygens (including phenoxy) is 1. The third-order valence-corrected chi connectivity index (χ3v) is 5.39. The minimum atomic E-state index is -0.219. The summed E-state index contributed by atoms with van der Waals surface area (Å²) in [5.41, 5.74) is 1.45. The first kappa shape index (κ1) is 18.3. The highest BCUT2D eigenvalue weighted by Gasteiger charge is 2.26. The fourth-order valence-corrected chi connectivity index (χ4v) is 3.84. The molecule has 3 aromatic rings. The van der Waals surface area contributed by atoms with Crippen LogP contribution in [0.2, 0.25) is 0 Å². The van der Waals surface area contributed by atoms with Gasteiger partial charge in [-0.15, -0.1) is 0 Å². The predicted octanol–water partition coefficient (Wildman–Crippen LogP) is 4.21. The maximum Gasteiger partial charge on any atom is 0.289 e. The van der Waals surface area contributed by atoms with Gasteiger partial charge in [0.2, 0.25) is 0 Å². The molecule has 4 rings (SSSR count). The summed E-state index contributed by atoms with van der Waals surface area (Å²) in [7, 11) is 1.65. The Morgan fingerprint density at radius 3 is 2.68 bits per heavy atom. The number of nitrogens with zero attached hydrogens (tertiary/aromatic N) is 1. The molecule has 0 bridgehead atoms. The van der Waals surface area contributed by atoms with Crippen molar-refractivity contribution in [1.82, 2.24) is 4.90 Å². The monoisotopic (exact) mass is 377 g/mol. The van der Waals surface area contributed by atoms with Gasteiger partial charge in [0.15, 0.2) is 11.2 Å². The highest BCUT2D eigenvalue weighted by atomic mass is 16.5. The van der Waals surface area contributed by atoms with Crippen LogP contribution in [0, 0.1) is 0 Å². The Hall–Kier alpha value is -3.08. The number of carbonyl (C=O) groups is 1. The van der Waals surface area contributed by atoms with Gasteiger partial charge in [0.05, 0.1) is 12.5 Å². The average molecular weight is 377 g/mol. The number of carbonyl (C=O) groups excluding carboxylic acids is 1. The lowest BCUT2D eigenvalue weighted by Gasteiger charge is -2.24. The van der Waals surface area contributed by atoms with Crippen LogP contribution in [0.3, 0.4) is 0 Å². The molecule has 0 radical (unpaired) electrons. The summed E-state index contributed by atoms with van der Waals surface area (Å²) < 4.78 is 11.0. The molecule has 1 atom stereocenters. The molecule has 144 valence electrons. The third kappa shape index (κ3) is 3.65. The van der Waals surface area contributed by atoms with E-state index in [2.05, 4.69) is 12.1 Å². The molecule has 0 N–H and O–H groups in total. The van der Waals surface area contributed by atoms with Gasteiger partial charge in [0.25, 0.3) is 5.91 Å². The molecule has 5 nitrogen and oxygen atoms in total. The van der Waals surface area contributed by atoms with E-state index in [-0.39, 0.29) is 23.0 Å². The Morgan fingerprint density at radius 2 is 1.89 bits per heavy atom. The highest BCUT2D eigenvalue weighted by Crippen LogP contribution is 2.28. The number of likely N-dealkylation sites (tertiary alicyclic amines) is 1. The van der Waals surface area contributed by atoms with E-state index >= 15 is 0 Å². The SMILES string of the molecule is COc1ccc(C2CCCCN(C(=O)c3cc(=O)c4ccccc4o3)C2)cc1. The summed E-state index contributed by atoms with van der Waals surface area (Å²) in [6.45, 7) is 1.28. The van der Waals surface area contributed by atoms with Crippen LogP contribution in [-0.4, -0.2) is 31.0 Å². The minimum absolute atomic E-state index is 0.110. The normalized spacial score (nSPS) is 17.3. The molecule has 0 aliphatic carbocycles. The van der Waals surface area contributed by atoms with Crippen molar-refractivity contribution in [3.63, 3.8) is 0 Å². The molecule has 1 amide bonds. The molecule has 1 aromatic heterocycles. The van der Waals surface area contributed by atoms with Crippen LogP contribution in [0.15, 0.2) is 63.8 Å². The second-order valence-corrected chi connectivity index (χ2v) is 7.19. The van der Waals surface area contributed by atoms with Crippen LogP contribution in [-0.2, 0) is 0 Å². The van der Waals surface area contributed by atoms with Gasteiger partial charge in [-0.1, -0.05) is 30.7 Å². The molecule has 0 spiro atoms. The highest BCUT2D eigenvalue weighted by molar-refractivity contribution is 5.93. The number of fused-ring (bicyclic) bond motifs is 1. The van der Waals surface area contributed by atoms with Gasteiger partial charge >= 0.3 is 0 Å². The van der Waals surface area contributed by atoms with Crippen molar-refractivity contribution in [3.8, 4) is 5.75 Å². The molecule has 1 fully saturated rings. The fourth-order valence-electron chi connectivity index (χ4n) is 3.84.